The third kappa shape index (κ3) is 7.79. The number of hydrogen-bond donors (Lipinski definition) is 2. The molecule has 1 aromatic heterocycles. The smallest absolute Gasteiger partial charge is 0.416 e. The van der Waals surface area contributed by atoms with Crippen LogP contribution < -0.4 is 15.4 Å². The molecule has 2 aromatic rings. The van der Waals surface area contributed by atoms with Gasteiger partial charge in [0.25, 0.3) is 0 Å². The lowest BCUT2D eigenvalue weighted by atomic mass is 10.0. The van der Waals surface area contributed by atoms with E-state index >= 15 is 0 Å². The third-order valence-electron chi connectivity index (χ3n) is 6.13. The molecule has 0 bridgehead atoms. The van der Waals surface area contributed by atoms with E-state index in [2.05, 4.69) is 25.5 Å². The van der Waals surface area contributed by atoms with Crippen molar-refractivity contribution in [2.45, 2.75) is 26.4 Å². The van der Waals surface area contributed by atoms with Gasteiger partial charge in [-0.3, -0.25) is 9.69 Å². The number of aryl methyl sites for hydroxylation is 1. The van der Waals surface area contributed by atoms with Gasteiger partial charge in [0.2, 0.25) is 5.78 Å². The summed E-state index contributed by atoms with van der Waals surface area (Å²) in [6, 6.07) is 2.29. The summed E-state index contributed by atoms with van der Waals surface area (Å²) >= 11 is 0. The molecule has 1 aliphatic carbocycles. The van der Waals surface area contributed by atoms with E-state index in [4.69, 9.17) is 14.2 Å². The van der Waals surface area contributed by atoms with Gasteiger partial charge in [-0.25, -0.2) is 14.8 Å². The van der Waals surface area contributed by atoms with Crippen molar-refractivity contribution in [2.75, 3.05) is 56.7 Å². The number of Topliss-reactive ketones (excluding diaryl/α,β-unsaturated/α-hetero) is 1. The number of carbonyl (C=O) groups is 2. The third-order valence-corrected chi connectivity index (χ3v) is 6.13. The quantitative estimate of drug-likeness (QED) is 0.462. The van der Waals surface area contributed by atoms with Crippen LogP contribution in [0, 0.1) is 6.92 Å². The molecule has 1 aliphatic heterocycles. The first-order valence-electron chi connectivity index (χ1n) is 12.8. The average molecular weight is 562 g/mol. The highest BCUT2D eigenvalue weighted by molar-refractivity contribution is 6.01. The molecule has 0 atom stereocenters. The molecule has 0 spiro atoms. The summed E-state index contributed by atoms with van der Waals surface area (Å²) in [7, 11) is 0. The molecule has 0 radical (unpaired) electrons. The van der Waals surface area contributed by atoms with Gasteiger partial charge in [-0.15, -0.1) is 0 Å². The van der Waals surface area contributed by atoms with Crippen molar-refractivity contribution in [3.63, 3.8) is 0 Å². The van der Waals surface area contributed by atoms with Crippen LogP contribution in [-0.4, -0.2) is 72.7 Å². The minimum atomic E-state index is -4.63. The molecule has 2 heterocycles. The summed E-state index contributed by atoms with van der Waals surface area (Å²) in [5.41, 5.74) is 0.244. The van der Waals surface area contributed by atoms with E-state index in [1.165, 1.54) is 12.3 Å². The van der Waals surface area contributed by atoms with E-state index in [0.717, 1.165) is 25.2 Å². The maximum atomic E-state index is 13.5. The van der Waals surface area contributed by atoms with Crippen LogP contribution in [0.4, 0.5) is 29.3 Å². The number of nitrogens with zero attached hydrogens (tertiary/aromatic N) is 3. The molecule has 40 heavy (non-hydrogen) atoms. The van der Waals surface area contributed by atoms with E-state index in [1.807, 2.05) is 0 Å². The van der Waals surface area contributed by atoms with E-state index in [9.17, 15) is 22.8 Å². The van der Waals surface area contributed by atoms with Crippen LogP contribution in [0.25, 0.3) is 5.57 Å². The number of nitrogens with one attached hydrogen (secondary N) is 2. The fourth-order valence-corrected chi connectivity index (χ4v) is 4.07. The van der Waals surface area contributed by atoms with Gasteiger partial charge in [0.15, 0.2) is 11.6 Å². The van der Waals surface area contributed by atoms with Crippen molar-refractivity contribution in [3.8, 4) is 5.75 Å². The number of ether oxygens (including phenoxy) is 3. The van der Waals surface area contributed by atoms with E-state index in [1.54, 1.807) is 26.0 Å². The first-order valence-corrected chi connectivity index (χ1v) is 12.8. The Morgan fingerprint density at radius 1 is 1.15 bits per heavy atom. The number of urea groups is 1. The lowest BCUT2D eigenvalue weighted by Gasteiger charge is -2.26. The number of benzene rings is 1. The molecule has 2 aliphatic rings. The molecule has 10 nitrogen and oxygen atoms in total. The minimum absolute atomic E-state index is 0.0130. The van der Waals surface area contributed by atoms with Gasteiger partial charge in [-0.1, -0.05) is 6.08 Å². The van der Waals surface area contributed by atoms with Crippen LogP contribution in [0.5, 0.6) is 5.75 Å². The first-order chi connectivity index (χ1) is 19.1. The Labute approximate surface area is 229 Å². The van der Waals surface area contributed by atoms with Gasteiger partial charge in [0.05, 0.1) is 43.0 Å². The molecule has 2 N–H and O–H groups in total. The maximum absolute atomic E-state index is 13.5. The van der Waals surface area contributed by atoms with Crippen molar-refractivity contribution >= 4 is 28.8 Å². The fraction of sp³-hybridized carbons (Fsp3) is 0.407. The number of morpholine rings is 1. The number of alkyl halides is 3. The molecule has 214 valence electrons. The molecule has 13 heteroatoms. The summed E-state index contributed by atoms with van der Waals surface area (Å²) in [5, 5.41) is 4.99. The average Bonchev–Trinajstić information content (AvgIpc) is 2.91. The van der Waals surface area contributed by atoms with Gasteiger partial charge in [0, 0.05) is 43.4 Å². The number of rotatable bonds is 9. The molecule has 0 saturated carbocycles. The van der Waals surface area contributed by atoms with Crippen LogP contribution in [0.15, 0.2) is 42.3 Å². The fourth-order valence-electron chi connectivity index (χ4n) is 4.07. The van der Waals surface area contributed by atoms with E-state index < -0.39 is 17.8 Å². The Bertz CT molecular complexity index is 1310. The van der Waals surface area contributed by atoms with Crippen LogP contribution in [-0.2, 0) is 20.4 Å². The van der Waals surface area contributed by atoms with Crippen molar-refractivity contribution in [1.82, 2.24) is 14.9 Å². The SMILES string of the molecule is CCOC1=CC(c2ncc(NC(=O)Nc3cc(OCCN4CCOCC4)cc(C(F)(F)F)c3)c(C)n2)=CCC1=O. The lowest BCUT2D eigenvalue weighted by Crippen LogP contribution is -2.38. The number of amides is 2. The van der Waals surface area contributed by atoms with Gasteiger partial charge in [0.1, 0.15) is 12.4 Å². The van der Waals surface area contributed by atoms with Crippen molar-refractivity contribution in [2.24, 2.45) is 0 Å². The summed E-state index contributed by atoms with van der Waals surface area (Å²) < 4.78 is 56.8. The van der Waals surface area contributed by atoms with Crippen LogP contribution >= 0.6 is 0 Å². The Balaban J connectivity index is 1.42. The number of halogens is 3. The molecule has 1 saturated heterocycles. The van der Waals surface area contributed by atoms with E-state index in [0.29, 0.717) is 43.5 Å². The molecular formula is C27H30F3N5O5. The largest absolute Gasteiger partial charge is 0.492 e. The zero-order valence-electron chi connectivity index (χ0n) is 22.1. The second kappa shape index (κ2) is 12.9. The highest BCUT2D eigenvalue weighted by Gasteiger charge is 2.32. The second-order valence-corrected chi connectivity index (χ2v) is 9.05. The normalized spacial score (nSPS) is 16.2. The Kier molecular flexibility index (Phi) is 9.38. The van der Waals surface area contributed by atoms with Gasteiger partial charge in [-0.05, 0) is 32.1 Å². The number of allylic oxidation sites excluding steroid dienone is 4. The van der Waals surface area contributed by atoms with Crippen molar-refractivity contribution in [3.05, 3.63) is 59.4 Å². The molecule has 0 unspecified atom stereocenters. The topological polar surface area (TPSA) is 115 Å². The molecular weight excluding hydrogens is 531 g/mol. The van der Waals surface area contributed by atoms with Crippen molar-refractivity contribution < 1.29 is 37.0 Å². The Hall–Kier alpha value is -3.97. The predicted octanol–water partition coefficient (Wildman–Crippen LogP) is 4.44. The highest BCUT2D eigenvalue weighted by atomic mass is 19.4. The summed E-state index contributed by atoms with van der Waals surface area (Å²) in [6.45, 7) is 7.14. The van der Waals surface area contributed by atoms with Crippen LogP contribution in [0.2, 0.25) is 0 Å². The molecule has 1 aromatic carbocycles. The maximum Gasteiger partial charge on any atom is 0.416 e. The molecule has 2 amide bonds. The lowest BCUT2D eigenvalue weighted by molar-refractivity contribution is -0.137. The first kappa shape index (κ1) is 29.0. The van der Waals surface area contributed by atoms with Gasteiger partial charge >= 0.3 is 12.2 Å². The summed E-state index contributed by atoms with van der Waals surface area (Å²) in [5.74, 6) is 0.414. The van der Waals surface area contributed by atoms with Crippen LogP contribution in [0.3, 0.4) is 0 Å². The van der Waals surface area contributed by atoms with Gasteiger partial charge in [-0.2, -0.15) is 13.2 Å². The van der Waals surface area contributed by atoms with Crippen molar-refractivity contribution in [1.29, 1.82) is 0 Å². The zero-order valence-corrected chi connectivity index (χ0v) is 22.1. The summed E-state index contributed by atoms with van der Waals surface area (Å²) in [6.07, 6.45) is 0.161. The van der Waals surface area contributed by atoms with Crippen LogP contribution in [0.1, 0.15) is 30.4 Å². The number of hydrogen-bond acceptors (Lipinski definition) is 8. The highest BCUT2D eigenvalue weighted by Crippen LogP contribution is 2.34. The zero-order chi connectivity index (χ0) is 28.7. The number of ketones is 1. The predicted molar refractivity (Wildman–Crippen MR) is 141 cm³/mol. The summed E-state index contributed by atoms with van der Waals surface area (Å²) in [4.78, 5) is 35.4. The Morgan fingerprint density at radius 2 is 1.93 bits per heavy atom. The number of anilines is 2. The monoisotopic (exact) mass is 561 g/mol. The molecule has 1 fully saturated rings. The number of aromatic nitrogens is 2. The minimum Gasteiger partial charge on any atom is -0.492 e. The molecule has 4 rings (SSSR count). The van der Waals surface area contributed by atoms with Gasteiger partial charge < -0.3 is 24.8 Å². The number of carbonyl (C=O) groups excluding carboxylic acids is 2. The standard InChI is InChI=1S/C27H30F3N5O5/c1-3-39-24-12-18(4-5-23(24)36)25-31-16-22(17(2)32-25)34-26(37)33-20-13-19(27(28,29)30)14-21(15-20)40-11-8-35-6-9-38-10-7-35/h4,12-16H,3,5-11H2,1-2H3,(H2,33,34,37). The van der Waals surface area contributed by atoms with E-state index in [-0.39, 0.29) is 41.7 Å². The second-order valence-electron chi connectivity index (χ2n) is 9.05. The Morgan fingerprint density at radius 3 is 2.62 bits per heavy atom.